The van der Waals surface area contributed by atoms with E-state index >= 15 is 0 Å². The largest absolute Gasteiger partial charge is 0.341 e. The van der Waals surface area contributed by atoms with Gasteiger partial charge in [-0.05, 0) is 38.3 Å². The first-order valence-corrected chi connectivity index (χ1v) is 7.66. The van der Waals surface area contributed by atoms with Gasteiger partial charge in [0.05, 0.1) is 0 Å². The van der Waals surface area contributed by atoms with Gasteiger partial charge >= 0.3 is 0 Å². The Morgan fingerprint density at radius 1 is 1.09 bits per heavy atom. The fourth-order valence-corrected chi connectivity index (χ4v) is 2.66. The summed E-state index contributed by atoms with van der Waals surface area (Å²) in [7, 11) is 0. The highest BCUT2D eigenvalue weighted by Gasteiger charge is 2.22. The van der Waals surface area contributed by atoms with Crippen LogP contribution in [-0.2, 0) is 9.59 Å². The van der Waals surface area contributed by atoms with Gasteiger partial charge in [-0.25, -0.2) is 0 Å². The van der Waals surface area contributed by atoms with E-state index in [9.17, 15) is 14.4 Å². The minimum Gasteiger partial charge on any atom is -0.341 e. The van der Waals surface area contributed by atoms with Crippen LogP contribution in [0.3, 0.4) is 0 Å². The molecular weight excluding hydrogens is 280 g/mol. The number of piperidine rings is 1. The topological polar surface area (TPSA) is 57.7 Å². The lowest BCUT2D eigenvalue weighted by molar-refractivity contribution is -0.132. The van der Waals surface area contributed by atoms with Gasteiger partial charge in [-0.15, -0.1) is 0 Å². The zero-order valence-corrected chi connectivity index (χ0v) is 13.2. The molecule has 0 N–H and O–H groups in total. The van der Waals surface area contributed by atoms with E-state index in [2.05, 4.69) is 0 Å². The number of hydrogen-bond donors (Lipinski definition) is 0. The highest BCUT2D eigenvalue weighted by Crippen LogP contribution is 2.18. The average molecular weight is 302 g/mol. The van der Waals surface area contributed by atoms with Crippen LogP contribution >= 0.6 is 0 Å². The Morgan fingerprint density at radius 3 is 2.36 bits per heavy atom. The van der Waals surface area contributed by atoms with Crippen molar-refractivity contribution in [1.82, 2.24) is 4.90 Å². The number of amides is 2. The maximum absolute atomic E-state index is 12.4. The summed E-state index contributed by atoms with van der Waals surface area (Å²) in [5.41, 5.74) is 1.12. The number of carbonyl (C=O) groups excluding carboxylic acids is 3. The fraction of sp³-hybridized carbons (Fsp3) is 0.471. The summed E-state index contributed by atoms with van der Waals surface area (Å²) in [5.74, 6) is -0.304. The zero-order valence-electron chi connectivity index (χ0n) is 13.2. The predicted molar refractivity (Wildman–Crippen MR) is 84.9 cm³/mol. The molecule has 0 bridgehead atoms. The third-order valence-corrected chi connectivity index (χ3v) is 3.95. The third kappa shape index (κ3) is 3.93. The van der Waals surface area contributed by atoms with Crippen molar-refractivity contribution in [2.75, 3.05) is 24.5 Å². The van der Waals surface area contributed by atoms with Crippen molar-refractivity contribution in [2.45, 2.75) is 33.1 Å². The molecule has 0 spiro atoms. The van der Waals surface area contributed by atoms with Gasteiger partial charge in [0, 0.05) is 31.3 Å². The normalized spacial score (nSPS) is 14.5. The lowest BCUT2D eigenvalue weighted by Gasteiger charge is -2.29. The average Bonchev–Trinajstić information content (AvgIpc) is 2.53. The van der Waals surface area contributed by atoms with Crippen LogP contribution in [0.2, 0.25) is 0 Å². The van der Waals surface area contributed by atoms with E-state index in [1.165, 1.54) is 18.7 Å². The van der Waals surface area contributed by atoms with E-state index in [1.54, 1.807) is 24.3 Å². The molecule has 2 rings (SSSR count). The minimum absolute atomic E-state index is 0.0245. The zero-order chi connectivity index (χ0) is 16.1. The van der Waals surface area contributed by atoms with Crippen molar-refractivity contribution in [3.63, 3.8) is 0 Å². The van der Waals surface area contributed by atoms with Crippen molar-refractivity contribution in [1.29, 1.82) is 0 Å². The van der Waals surface area contributed by atoms with Crippen LogP contribution in [0.25, 0.3) is 0 Å². The van der Waals surface area contributed by atoms with Crippen LogP contribution in [0.5, 0.6) is 0 Å². The van der Waals surface area contributed by atoms with Gasteiger partial charge in [0.25, 0.3) is 0 Å². The molecule has 1 aromatic rings. The minimum atomic E-state index is -0.203. The number of carbonyl (C=O) groups is 3. The van der Waals surface area contributed by atoms with Gasteiger partial charge in [0.1, 0.15) is 6.54 Å². The lowest BCUT2D eigenvalue weighted by Crippen LogP contribution is -2.44. The molecule has 5 heteroatoms. The summed E-state index contributed by atoms with van der Waals surface area (Å²) in [6.45, 7) is 4.47. The summed E-state index contributed by atoms with van der Waals surface area (Å²) in [6.07, 6.45) is 3.19. The molecule has 1 saturated heterocycles. The summed E-state index contributed by atoms with van der Waals surface area (Å²) in [6, 6.07) is 6.84. The molecule has 1 heterocycles. The quantitative estimate of drug-likeness (QED) is 0.802. The monoisotopic (exact) mass is 302 g/mol. The molecule has 5 nitrogen and oxygen atoms in total. The van der Waals surface area contributed by atoms with Crippen LogP contribution in [-0.4, -0.2) is 42.1 Å². The number of nitrogens with zero attached hydrogens (tertiary/aromatic N) is 2. The van der Waals surface area contributed by atoms with Crippen LogP contribution in [0.1, 0.15) is 43.5 Å². The first-order valence-electron chi connectivity index (χ1n) is 7.66. The lowest BCUT2D eigenvalue weighted by atomic mass is 10.1. The Labute approximate surface area is 130 Å². The second-order valence-electron chi connectivity index (χ2n) is 5.65. The molecule has 0 aromatic heterocycles. The van der Waals surface area contributed by atoms with E-state index in [1.807, 2.05) is 4.90 Å². The summed E-state index contributed by atoms with van der Waals surface area (Å²) in [5, 5.41) is 0. The highest BCUT2D eigenvalue weighted by molar-refractivity contribution is 6.00. The third-order valence-electron chi connectivity index (χ3n) is 3.95. The van der Waals surface area contributed by atoms with Gasteiger partial charge in [-0.3, -0.25) is 14.4 Å². The maximum Gasteiger partial charge on any atom is 0.242 e. The van der Waals surface area contributed by atoms with Crippen LogP contribution in [0, 0.1) is 0 Å². The number of rotatable bonds is 4. The number of ketones is 1. The Hall–Kier alpha value is -2.17. The second kappa shape index (κ2) is 7.20. The molecule has 22 heavy (non-hydrogen) atoms. The van der Waals surface area contributed by atoms with E-state index in [0.29, 0.717) is 11.3 Å². The van der Waals surface area contributed by atoms with E-state index in [4.69, 9.17) is 0 Å². The van der Waals surface area contributed by atoms with Gasteiger partial charge in [0.2, 0.25) is 11.8 Å². The van der Waals surface area contributed by atoms with Crippen molar-refractivity contribution in [2.24, 2.45) is 0 Å². The van der Waals surface area contributed by atoms with Crippen molar-refractivity contribution < 1.29 is 14.4 Å². The Balaban J connectivity index is 2.16. The molecule has 0 aliphatic carbocycles. The Kier molecular flexibility index (Phi) is 5.31. The van der Waals surface area contributed by atoms with Gasteiger partial charge < -0.3 is 9.80 Å². The van der Waals surface area contributed by atoms with Gasteiger partial charge in [-0.2, -0.15) is 0 Å². The molecule has 2 amide bonds. The van der Waals surface area contributed by atoms with Crippen LogP contribution in [0.15, 0.2) is 24.3 Å². The Bertz CT molecular complexity index is 577. The molecule has 118 valence electrons. The van der Waals surface area contributed by atoms with E-state index < -0.39 is 0 Å². The van der Waals surface area contributed by atoms with Crippen molar-refractivity contribution >= 4 is 23.3 Å². The summed E-state index contributed by atoms with van der Waals surface area (Å²) in [4.78, 5) is 39.0. The molecule has 1 aliphatic heterocycles. The first-order chi connectivity index (χ1) is 10.5. The highest BCUT2D eigenvalue weighted by atomic mass is 16.2. The van der Waals surface area contributed by atoms with E-state index in [0.717, 1.165) is 32.4 Å². The first kappa shape index (κ1) is 16.2. The van der Waals surface area contributed by atoms with Crippen LogP contribution in [0.4, 0.5) is 5.69 Å². The molecule has 0 saturated carbocycles. The molecule has 1 fully saturated rings. The Morgan fingerprint density at radius 2 is 1.77 bits per heavy atom. The fourth-order valence-electron chi connectivity index (χ4n) is 2.66. The molecule has 0 unspecified atom stereocenters. The SMILES string of the molecule is CC(=O)c1cccc(N(CC(=O)N2CCCCC2)C(C)=O)c1. The van der Waals surface area contributed by atoms with Crippen LogP contribution < -0.4 is 4.90 Å². The smallest absolute Gasteiger partial charge is 0.242 e. The molecule has 0 radical (unpaired) electrons. The van der Waals surface area contributed by atoms with Crippen molar-refractivity contribution in [3.05, 3.63) is 29.8 Å². The molecule has 1 aliphatic rings. The number of anilines is 1. The molecule has 1 aromatic carbocycles. The molecule has 0 atom stereocenters. The maximum atomic E-state index is 12.4. The number of likely N-dealkylation sites (tertiary alicyclic amines) is 1. The summed E-state index contributed by atoms with van der Waals surface area (Å²) >= 11 is 0. The number of benzene rings is 1. The van der Waals surface area contributed by atoms with Gasteiger partial charge in [0.15, 0.2) is 5.78 Å². The molecular formula is C17H22N2O3. The van der Waals surface area contributed by atoms with E-state index in [-0.39, 0.29) is 24.1 Å². The number of Topliss-reactive ketones (excluding diaryl/α,β-unsaturated/α-hetero) is 1. The second-order valence-corrected chi connectivity index (χ2v) is 5.65. The van der Waals surface area contributed by atoms with Gasteiger partial charge in [-0.1, -0.05) is 12.1 Å². The standard InChI is InChI=1S/C17H22N2O3/c1-13(20)15-7-6-8-16(11-15)19(14(2)21)12-17(22)18-9-4-3-5-10-18/h6-8,11H,3-5,9-10,12H2,1-2H3. The predicted octanol–water partition coefficient (Wildman–Crippen LogP) is 2.25. The van der Waals surface area contributed by atoms with Crippen molar-refractivity contribution in [3.8, 4) is 0 Å². The summed E-state index contributed by atoms with van der Waals surface area (Å²) < 4.78 is 0. The number of hydrogen-bond acceptors (Lipinski definition) is 3.